The maximum absolute atomic E-state index is 13.2. The molecule has 1 amide bonds. The van der Waals surface area contributed by atoms with Crippen LogP contribution in [0.5, 0.6) is 0 Å². The van der Waals surface area contributed by atoms with Crippen LogP contribution >= 0.6 is 0 Å². The average molecular weight is 354 g/mol. The van der Waals surface area contributed by atoms with Crippen molar-refractivity contribution in [1.82, 2.24) is 25.0 Å². The highest BCUT2D eigenvalue weighted by Gasteiger charge is 2.27. The molecule has 9 heteroatoms. The number of hydrogen-bond donors (Lipinski definition) is 2. The van der Waals surface area contributed by atoms with Crippen molar-refractivity contribution in [1.29, 1.82) is 0 Å². The average Bonchev–Trinajstić information content (AvgIpc) is 3.37. The minimum atomic E-state index is -0.598. The molecular formula is C17H15FN6O2. The van der Waals surface area contributed by atoms with Crippen molar-refractivity contribution < 1.29 is 9.18 Å². The topological polar surface area (TPSA) is 106 Å². The number of carbonyl (C=O) groups excluding carboxylic acids is 1. The number of amides is 1. The molecule has 1 aliphatic rings. The number of anilines is 1. The lowest BCUT2D eigenvalue weighted by atomic mass is 10.2. The van der Waals surface area contributed by atoms with Crippen molar-refractivity contribution >= 4 is 11.9 Å². The molecular weight excluding hydrogens is 339 g/mol. The Hall–Kier alpha value is -3.36. The van der Waals surface area contributed by atoms with Crippen LogP contribution in [0.4, 0.5) is 10.3 Å². The Morgan fingerprint density at radius 3 is 2.96 bits per heavy atom. The number of aromatic nitrogens is 5. The summed E-state index contributed by atoms with van der Waals surface area (Å²) in [4.78, 5) is 28.2. The molecule has 0 radical (unpaired) electrons. The van der Waals surface area contributed by atoms with Gasteiger partial charge in [0.25, 0.3) is 11.5 Å². The van der Waals surface area contributed by atoms with E-state index in [1.165, 1.54) is 29.2 Å². The zero-order valence-electron chi connectivity index (χ0n) is 13.6. The summed E-state index contributed by atoms with van der Waals surface area (Å²) in [6.07, 6.45) is 3.44. The van der Waals surface area contributed by atoms with E-state index in [1.807, 2.05) is 0 Å². The number of nitrogens with zero attached hydrogens (tertiary/aromatic N) is 4. The lowest BCUT2D eigenvalue weighted by Gasteiger charge is -2.03. The van der Waals surface area contributed by atoms with Crippen molar-refractivity contribution in [3.05, 3.63) is 69.7 Å². The van der Waals surface area contributed by atoms with Gasteiger partial charge in [0.2, 0.25) is 5.95 Å². The number of aromatic amines is 1. The molecule has 3 aromatic rings. The number of halogens is 1. The predicted octanol–water partition coefficient (Wildman–Crippen LogP) is 1.68. The van der Waals surface area contributed by atoms with E-state index in [4.69, 9.17) is 0 Å². The predicted molar refractivity (Wildman–Crippen MR) is 90.3 cm³/mol. The minimum absolute atomic E-state index is 0.0246. The molecule has 0 spiro atoms. The van der Waals surface area contributed by atoms with Gasteiger partial charge in [-0.1, -0.05) is 12.1 Å². The third-order valence-electron chi connectivity index (χ3n) is 4.06. The Morgan fingerprint density at radius 2 is 2.19 bits per heavy atom. The molecule has 1 aromatic carbocycles. The lowest BCUT2D eigenvalue weighted by molar-refractivity contribution is 0.102. The van der Waals surface area contributed by atoms with E-state index in [2.05, 4.69) is 25.6 Å². The molecule has 8 nitrogen and oxygen atoms in total. The van der Waals surface area contributed by atoms with Gasteiger partial charge in [-0.25, -0.2) is 19.2 Å². The molecule has 0 saturated heterocycles. The van der Waals surface area contributed by atoms with E-state index in [0.29, 0.717) is 23.7 Å². The third-order valence-corrected chi connectivity index (χ3v) is 4.06. The minimum Gasteiger partial charge on any atom is -0.289 e. The van der Waals surface area contributed by atoms with Gasteiger partial charge >= 0.3 is 0 Å². The fraction of sp³-hybridized carbons (Fsp3) is 0.235. The van der Waals surface area contributed by atoms with Gasteiger partial charge in [0.05, 0.1) is 12.2 Å². The summed E-state index contributed by atoms with van der Waals surface area (Å²) in [5, 5.41) is 12.9. The fourth-order valence-electron chi connectivity index (χ4n) is 2.60. The number of hydrogen-bond acceptors (Lipinski definition) is 5. The lowest BCUT2D eigenvalue weighted by Crippen LogP contribution is -2.25. The molecule has 1 saturated carbocycles. The molecule has 2 N–H and O–H groups in total. The van der Waals surface area contributed by atoms with Gasteiger partial charge < -0.3 is 0 Å². The molecule has 2 heterocycles. The first kappa shape index (κ1) is 16.1. The molecule has 1 fully saturated rings. The van der Waals surface area contributed by atoms with Crippen LogP contribution in [0.15, 0.2) is 41.5 Å². The molecule has 0 unspecified atom stereocenters. The van der Waals surface area contributed by atoms with Crippen LogP contribution in [0.1, 0.15) is 40.4 Å². The van der Waals surface area contributed by atoms with Crippen molar-refractivity contribution in [2.24, 2.45) is 0 Å². The maximum atomic E-state index is 13.2. The van der Waals surface area contributed by atoms with Crippen LogP contribution in [0.25, 0.3) is 0 Å². The summed E-state index contributed by atoms with van der Waals surface area (Å²) in [7, 11) is 0. The van der Waals surface area contributed by atoms with Crippen LogP contribution in [-0.2, 0) is 6.54 Å². The highest BCUT2D eigenvalue weighted by atomic mass is 19.1. The Balaban J connectivity index is 1.48. The molecule has 4 rings (SSSR count). The summed E-state index contributed by atoms with van der Waals surface area (Å²) in [5.74, 6) is -0.559. The van der Waals surface area contributed by atoms with E-state index in [-0.39, 0.29) is 17.3 Å². The quantitative estimate of drug-likeness (QED) is 0.725. The van der Waals surface area contributed by atoms with Crippen molar-refractivity contribution in [2.75, 3.05) is 5.32 Å². The molecule has 0 atom stereocenters. The number of nitrogens with one attached hydrogen (secondary N) is 2. The molecule has 1 aliphatic carbocycles. The number of rotatable bonds is 5. The van der Waals surface area contributed by atoms with E-state index in [1.54, 1.807) is 12.1 Å². The molecule has 26 heavy (non-hydrogen) atoms. The van der Waals surface area contributed by atoms with Gasteiger partial charge in [-0.3, -0.25) is 14.9 Å². The van der Waals surface area contributed by atoms with Gasteiger partial charge in [0.15, 0.2) is 0 Å². The Labute approximate surface area is 147 Å². The highest BCUT2D eigenvalue weighted by Crippen LogP contribution is 2.38. The molecule has 0 aliphatic heterocycles. The van der Waals surface area contributed by atoms with Crippen LogP contribution in [0.3, 0.4) is 0 Å². The van der Waals surface area contributed by atoms with E-state index < -0.39 is 11.5 Å². The smallest absolute Gasteiger partial charge is 0.277 e. The van der Waals surface area contributed by atoms with Crippen molar-refractivity contribution in [3.63, 3.8) is 0 Å². The number of H-pyrrole nitrogens is 1. The first-order valence-corrected chi connectivity index (χ1v) is 8.13. The van der Waals surface area contributed by atoms with E-state index >= 15 is 0 Å². The van der Waals surface area contributed by atoms with Gasteiger partial charge in [-0.15, -0.1) is 5.10 Å². The van der Waals surface area contributed by atoms with Crippen LogP contribution in [-0.4, -0.2) is 30.9 Å². The van der Waals surface area contributed by atoms with Crippen LogP contribution < -0.4 is 10.9 Å². The zero-order valence-corrected chi connectivity index (χ0v) is 13.6. The van der Waals surface area contributed by atoms with Gasteiger partial charge in [-0.05, 0) is 36.6 Å². The largest absolute Gasteiger partial charge is 0.289 e. The number of carbonyl (C=O) groups is 1. The SMILES string of the molecule is O=C(Nc1ncn(Cc2cccc(F)c2)n1)c1cc(C2CC2)n[nH]c1=O. The van der Waals surface area contributed by atoms with Crippen molar-refractivity contribution in [2.45, 2.75) is 25.3 Å². The summed E-state index contributed by atoms with van der Waals surface area (Å²) in [6, 6.07) is 7.64. The Kier molecular flexibility index (Phi) is 4.04. The van der Waals surface area contributed by atoms with E-state index in [0.717, 1.165) is 12.8 Å². The summed E-state index contributed by atoms with van der Waals surface area (Å²) < 4.78 is 14.7. The molecule has 0 bridgehead atoms. The summed E-state index contributed by atoms with van der Waals surface area (Å²) >= 11 is 0. The second-order valence-electron chi connectivity index (χ2n) is 6.16. The third kappa shape index (κ3) is 3.51. The van der Waals surface area contributed by atoms with Gasteiger partial charge in [0.1, 0.15) is 17.7 Å². The molecule has 2 aromatic heterocycles. The first-order valence-electron chi connectivity index (χ1n) is 8.13. The molecule has 132 valence electrons. The summed E-state index contributed by atoms with van der Waals surface area (Å²) in [5.41, 5.74) is 0.834. The number of benzene rings is 1. The van der Waals surface area contributed by atoms with Gasteiger partial charge in [-0.2, -0.15) is 5.10 Å². The van der Waals surface area contributed by atoms with E-state index in [9.17, 15) is 14.0 Å². The maximum Gasteiger partial charge on any atom is 0.277 e. The highest BCUT2D eigenvalue weighted by molar-refractivity contribution is 6.03. The second-order valence-corrected chi connectivity index (χ2v) is 6.16. The second kappa shape index (κ2) is 6.51. The van der Waals surface area contributed by atoms with Crippen LogP contribution in [0, 0.1) is 5.82 Å². The summed E-state index contributed by atoms with van der Waals surface area (Å²) in [6.45, 7) is 0.308. The monoisotopic (exact) mass is 354 g/mol. The standard InChI is InChI=1S/C17H15FN6O2/c18-12-3-1-2-10(6-12)8-24-9-19-17(23-24)20-15(25)13-7-14(11-4-5-11)21-22-16(13)26/h1-3,6-7,9,11H,4-5,8H2,(H,22,26)(H,20,23,25). The van der Waals surface area contributed by atoms with Crippen molar-refractivity contribution in [3.8, 4) is 0 Å². The normalized spacial score (nSPS) is 13.6. The van der Waals surface area contributed by atoms with Gasteiger partial charge in [0, 0.05) is 5.92 Å². The zero-order chi connectivity index (χ0) is 18.1. The fourth-order valence-corrected chi connectivity index (χ4v) is 2.60. The Bertz CT molecular complexity index is 1020. The van der Waals surface area contributed by atoms with Crippen LogP contribution in [0.2, 0.25) is 0 Å². The Morgan fingerprint density at radius 1 is 1.35 bits per heavy atom. The first-order chi connectivity index (χ1) is 12.6.